The average Bonchev–Trinajstić information content (AvgIpc) is 3.24. The quantitative estimate of drug-likeness (QED) is 0.751. The van der Waals surface area contributed by atoms with Crippen molar-refractivity contribution in [2.75, 3.05) is 44.1 Å². The van der Waals surface area contributed by atoms with Gasteiger partial charge in [0.05, 0.1) is 13.7 Å². The maximum atomic E-state index is 5.15. The van der Waals surface area contributed by atoms with Gasteiger partial charge < -0.3 is 19.7 Å². The SMILES string of the molecule is CCNc1nc(OC)nc(N(CCOC)C2CC2)n1. The molecule has 106 valence electrons. The molecule has 0 atom stereocenters. The first-order chi connectivity index (χ1) is 9.28. The second-order valence-corrected chi connectivity index (χ2v) is 4.39. The summed E-state index contributed by atoms with van der Waals surface area (Å²) in [7, 11) is 3.26. The van der Waals surface area contributed by atoms with Crippen LogP contribution in [-0.2, 0) is 4.74 Å². The molecule has 1 aromatic heterocycles. The summed E-state index contributed by atoms with van der Waals surface area (Å²) < 4.78 is 10.3. The van der Waals surface area contributed by atoms with Gasteiger partial charge in [-0.25, -0.2) is 0 Å². The topological polar surface area (TPSA) is 72.4 Å². The van der Waals surface area contributed by atoms with E-state index in [0.717, 1.165) is 13.1 Å². The number of methoxy groups -OCH3 is 2. The molecule has 0 radical (unpaired) electrons. The highest BCUT2D eigenvalue weighted by atomic mass is 16.5. The van der Waals surface area contributed by atoms with Crippen LogP contribution in [0.15, 0.2) is 0 Å². The van der Waals surface area contributed by atoms with Crippen LogP contribution in [0.4, 0.5) is 11.9 Å². The number of hydrogen-bond donors (Lipinski definition) is 1. The van der Waals surface area contributed by atoms with E-state index in [4.69, 9.17) is 9.47 Å². The molecule has 0 bridgehead atoms. The zero-order valence-electron chi connectivity index (χ0n) is 11.7. The van der Waals surface area contributed by atoms with Gasteiger partial charge in [0.2, 0.25) is 11.9 Å². The largest absolute Gasteiger partial charge is 0.467 e. The Kier molecular flexibility index (Phi) is 4.73. The summed E-state index contributed by atoms with van der Waals surface area (Å²) in [5.41, 5.74) is 0. The number of hydrogen-bond acceptors (Lipinski definition) is 7. The molecule has 1 aliphatic carbocycles. The third kappa shape index (κ3) is 3.66. The molecule has 19 heavy (non-hydrogen) atoms. The Bertz CT molecular complexity index is 411. The average molecular weight is 267 g/mol. The van der Waals surface area contributed by atoms with E-state index in [1.54, 1.807) is 14.2 Å². The molecule has 1 N–H and O–H groups in total. The molecule has 0 aromatic carbocycles. The van der Waals surface area contributed by atoms with Crippen LogP contribution in [0.3, 0.4) is 0 Å². The molecule has 1 aromatic rings. The molecule has 0 spiro atoms. The number of anilines is 2. The van der Waals surface area contributed by atoms with Crippen molar-refractivity contribution in [3.8, 4) is 6.01 Å². The predicted molar refractivity (Wildman–Crippen MR) is 72.8 cm³/mol. The van der Waals surface area contributed by atoms with Gasteiger partial charge in [-0.3, -0.25) is 0 Å². The van der Waals surface area contributed by atoms with Gasteiger partial charge in [0.1, 0.15) is 0 Å². The molecular weight excluding hydrogens is 246 g/mol. The monoisotopic (exact) mass is 267 g/mol. The van der Waals surface area contributed by atoms with Crippen molar-refractivity contribution >= 4 is 11.9 Å². The van der Waals surface area contributed by atoms with Gasteiger partial charge in [-0.2, -0.15) is 15.0 Å². The lowest BCUT2D eigenvalue weighted by atomic mass is 10.5. The van der Waals surface area contributed by atoms with Crippen LogP contribution in [0.1, 0.15) is 19.8 Å². The Morgan fingerprint density at radius 2 is 2.05 bits per heavy atom. The summed E-state index contributed by atoms with van der Waals surface area (Å²) in [4.78, 5) is 15.1. The lowest BCUT2D eigenvalue weighted by molar-refractivity contribution is 0.204. The van der Waals surface area contributed by atoms with Gasteiger partial charge >= 0.3 is 6.01 Å². The minimum atomic E-state index is 0.337. The highest BCUT2D eigenvalue weighted by Crippen LogP contribution is 2.30. The van der Waals surface area contributed by atoms with Crippen molar-refractivity contribution in [3.63, 3.8) is 0 Å². The fourth-order valence-corrected chi connectivity index (χ4v) is 1.82. The minimum Gasteiger partial charge on any atom is -0.467 e. The third-order valence-electron chi connectivity index (χ3n) is 2.90. The molecule has 0 aliphatic heterocycles. The smallest absolute Gasteiger partial charge is 0.322 e. The Morgan fingerprint density at radius 1 is 1.26 bits per heavy atom. The van der Waals surface area contributed by atoms with E-state index < -0.39 is 0 Å². The number of nitrogens with zero attached hydrogens (tertiary/aromatic N) is 4. The van der Waals surface area contributed by atoms with Crippen molar-refractivity contribution in [2.45, 2.75) is 25.8 Å². The highest BCUT2D eigenvalue weighted by Gasteiger charge is 2.31. The molecule has 1 fully saturated rings. The van der Waals surface area contributed by atoms with Crippen molar-refractivity contribution in [2.24, 2.45) is 0 Å². The Morgan fingerprint density at radius 3 is 2.63 bits per heavy atom. The molecule has 2 rings (SSSR count). The van der Waals surface area contributed by atoms with Crippen molar-refractivity contribution < 1.29 is 9.47 Å². The molecule has 0 unspecified atom stereocenters. The van der Waals surface area contributed by atoms with Gasteiger partial charge in [-0.1, -0.05) is 0 Å². The van der Waals surface area contributed by atoms with E-state index in [1.807, 2.05) is 6.92 Å². The van der Waals surface area contributed by atoms with E-state index in [9.17, 15) is 0 Å². The molecule has 0 amide bonds. The van der Waals surface area contributed by atoms with Crippen LogP contribution in [-0.4, -0.2) is 54.9 Å². The maximum absolute atomic E-state index is 5.15. The third-order valence-corrected chi connectivity index (χ3v) is 2.90. The van der Waals surface area contributed by atoms with Crippen LogP contribution >= 0.6 is 0 Å². The normalized spacial score (nSPS) is 14.3. The summed E-state index contributed by atoms with van der Waals surface area (Å²) in [5.74, 6) is 1.20. The first kappa shape index (κ1) is 13.8. The fraction of sp³-hybridized carbons (Fsp3) is 0.750. The van der Waals surface area contributed by atoms with Crippen LogP contribution in [0.25, 0.3) is 0 Å². The highest BCUT2D eigenvalue weighted by molar-refractivity contribution is 5.40. The molecular formula is C12H21N5O2. The zero-order chi connectivity index (χ0) is 13.7. The summed E-state index contributed by atoms with van der Waals surface area (Å²) in [6, 6.07) is 0.848. The first-order valence-corrected chi connectivity index (χ1v) is 6.58. The van der Waals surface area contributed by atoms with Crippen molar-refractivity contribution in [3.05, 3.63) is 0 Å². The lowest BCUT2D eigenvalue weighted by Gasteiger charge is -2.22. The second-order valence-electron chi connectivity index (χ2n) is 4.39. The van der Waals surface area contributed by atoms with Crippen LogP contribution in [0.2, 0.25) is 0 Å². The molecule has 7 heteroatoms. The van der Waals surface area contributed by atoms with E-state index >= 15 is 0 Å². The van der Waals surface area contributed by atoms with Crippen LogP contribution < -0.4 is 15.0 Å². The van der Waals surface area contributed by atoms with Gasteiger partial charge in [0.25, 0.3) is 0 Å². The van der Waals surface area contributed by atoms with E-state index in [2.05, 4.69) is 25.2 Å². The zero-order valence-corrected chi connectivity index (χ0v) is 11.7. The summed E-state index contributed by atoms with van der Waals surface area (Å²) in [6.07, 6.45) is 2.35. The van der Waals surface area contributed by atoms with Crippen molar-refractivity contribution in [1.29, 1.82) is 0 Å². The van der Waals surface area contributed by atoms with Crippen molar-refractivity contribution in [1.82, 2.24) is 15.0 Å². The van der Waals surface area contributed by atoms with E-state index in [0.29, 0.717) is 30.6 Å². The summed E-state index contributed by atoms with van der Waals surface area (Å²) in [6.45, 7) is 4.19. The number of ether oxygens (including phenoxy) is 2. The summed E-state index contributed by atoms with van der Waals surface area (Å²) >= 11 is 0. The maximum Gasteiger partial charge on any atom is 0.322 e. The second kappa shape index (κ2) is 6.51. The fourth-order valence-electron chi connectivity index (χ4n) is 1.82. The minimum absolute atomic E-state index is 0.337. The molecule has 1 aliphatic rings. The Labute approximate surface area is 113 Å². The van der Waals surface area contributed by atoms with E-state index in [1.165, 1.54) is 12.8 Å². The first-order valence-electron chi connectivity index (χ1n) is 6.58. The van der Waals surface area contributed by atoms with Gasteiger partial charge in [0.15, 0.2) is 0 Å². The van der Waals surface area contributed by atoms with Crippen LogP contribution in [0.5, 0.6) is 6.01 Å². The van der Waals surface area contributed by atoms with Gasteiger partial charge in [0, 0.05) is 26.2 Å². The summed E-state index contributed by atoms with van der Waals surface area (Å²) in [5, 5.41) is 3.09. The van der Waals surface area contributed by atoms with Crippen LogP contribution in [0, 0.1) is 0 Å². The van der Waals surface area contributed by atoms with Gasteiger partial charge in [-0.05, 0) is 19.8 Å². The van der Waals surface area contributed by atoms with Gasteiger partial charge in [-0.15, -0.1) is 0 Å². The number of aromatic nitrogens is 3. The molecule has 7 nitrogen and oxygen atoms in total. The molecule has 1 saturated carbocycles. The van der Waals surface area contributed by atoms with E-state index in [-0.39, 0.29) is 0 Å². The Hall–Kier alpha value is -1.63. The standard InChI is InChI=1S/C12H21N5O2/c1-4-13-10-14-11(16-12(15-10)19-3)17(7-8-18-2)9-5-6-9/h9H,4-8H2,1-3H3,(H,13,14,15,16). The number of nitrogens with one attached hydrogen (secondary N) is 1. The molecule has 0 saturated heterocycles. The predicted octanol–water partition coefficient (Wildman–Crippen LogP) is 0.927. The number of rotatable bonds is 8. The molecule has 1 heterocycles. The lowest BCUT2D eigenvalue weighted by Crippen LogP contribution is -2.31. The Balaban J connectivity index is 2.21.